The number of H-pyrrole nitrogens is 1. The lowest BCUT2D eigenvalue weighted by atomic mass is 10.1. The van der Waals surface area contributed by atoms with Crippen molar-refractivity contribution in [2.75, 3.05) is 18.0 Å². The molecule has 0 saturated carbocycles. The minimum atomic E-state index is 0. The molecule has 1 saturated heterocycles. The average molecular weight is 411 g/mol. The van der Waals surface area contributed by atoms with Gasteiger partial charge in [0.2, 0.25) is 5.91 Å². The second kappa shape index (κ2) is 7.37. The molecule has 0 aromatic carbocycles. The van der Waals surface area contributed by atoms with E-state index in [4.69, 9.17) is 16.6 Å². The fourth-order valence-electron chi connectivity index (χ4n) is 4.22. The molecule has 3 aromatic heterocycles. The molecule has 7 nitrogen and oxygen atoms in total. The number of piperazine rings is 1. The number of nitrogens with one attached hydrogen (secondary N) is 1. The van der Waals surface area contributed by atoms with Gasteiger partial charge in [0.05, 0.1) is 16.3 Å². The van der Waals surface area contributed by atoms with Crippen molar-refractivity contribution in [1.82, 2.24) is 19.9 Å². The molecule has 1 aliphatic rings. The molecule has 1 aliphatic heterocycles. The van der Waals surface area contributed by atoms with E-state index in [1.165, 1.54) is 0 Å². The van der Waals surface area contributed by atoms with Crippen molar-refractivity contribution in [3.63, 3.8) is 0 Å². The third kappa shape index (κ3) is 3.40. The number of carbonyl (C=O) groups excluding carboxylic acids is 1. The zero-order chi connectivity index (χ0) is 20.7. The molecule has 2 atom stereocenters. The summed E-state index contributed by atoms with van der Waals surface area (Å²) in [7, 11) is 0. The van der Waals surface area contributed by atoms with Crippen LogP contribution < -0.4 is 4.90 Å². The highest BCUT2D eigenvalue weighted by Crippen LogP contribution is 2.32. The lowest BCUT2D eigenvalue weighted by molar-refractivity contribution is -0.133. The number of amides is 1. The van der Waals surface area contributed by atoms with E-state index in [-0.39, 0.29) is 19.4 Å². The van der Waals surface area contributed by atoms with Crippen LogP contribution in [0.1, 0.15) is 27.8 Å². The Bertz CT molecular complexity index is 1130. The van der Waals surface area contributed by atoms with Gasteiger partial charge >= 0.3 is 0 Å². The normalized spacial score (nSPS) is 19.4. The van der Waals surface area contributed by atoms with Crippen LogP contribution in [-0.4, -0.2) is 50.9 Å². The zero-order valence-corrected chi connectivity index (χ0v) is 17.2. The molecular weight excluding hydrogens is 388 g/mol. The van der Waals surface area contributed by atoms with Crippen LogP contribution in [0.15, 0.2) is 30.6 Å². The Balaban J connectivity index is 0.00000256. The fraction of sp³-hybridized carbons (Fsp3) is 0.333. The van der Waals surface area contributed by atoms with Crippen molar-refractivity contribution >= 4 is 34.4 Å². The summed E-state index contributed by atoms with van der Waals surface area (Å²) in [5, 5.41) is 11.0. The summed E-state index contributed by atoms with van der Waals surface area (Å²) in [6, 6.07) is 7.87. The second-order valence-electron chi connectivity index (χ2n) is 7.46. The van der Waals surface area contributed by atoms with E-state index in [1.54, 1.807) is 25.4 Å². The number of rotatable bonds is 2. The van der Waals surface area contributed by atoms with Gasteiger partial charge in [-0.15, -0.1) is 0 Å². The van der Waals surface area contributed by atoms with E-state index in [0.717, 1.165) is 16.8 Å². The van der Waals surface area contributed by atoms with E-state index in [9.17, 15) is 10.1 Å². The maximum Gasteiger partial charge on any atom is 0.220 e. The van der Waals surface area contributed by atoms with Crippen molar-refractivity contribution < 1.29 is 6.22 Å². The smallest absolute Gasteiger partial charge is 0.220 e. The SMILES string of the molecule is CC(=O)N1[C@H](C)CN(c2ccc(C#N)c(-c3c[nH]c4ncc(Cl)cc34)n2)C[C@@H]1C.[HH]. The zero-order valence-electron chi connectivity index (χ0n) is 16.5. The molecule has 8 heteroatoms. The summed E-state index contributed by atoms with van der Waals surface area (Å²) in [5.41, 5.74) is 2.56. The fourth-order valence-corrected chi connectivity index (χ4v) is 4.38. The molecule has 1 fully saturated rings. The number of aromatic nitrogens is 3. The molecule has 1 N–H and O–H groups in total. The van der Waals surface area contributed by atoms with Crippen LogP contribution in [0.5, 0.6) is 0 Å². The Morgan fingerprint density at radius 2 is 2.07 bits per heavy atom. The lowest BCUT2D eigenvalue weighted by Gasteiger charge is -2.44. The molecule has 0 spiro atoms. The Hall–Kier alpha value is -3.11. The Kier molecular flexibility index (Phi) is 4.89. The molecule has 3 aromatic rings. The molecule has 4 rings (SSSR count). The Morgan fingerprint density at radius 1 is 1.34 bits per heavy atom. The molecule has 1 amide bonds. The third-order valence-electron chi connectivity index (χ3n) is 5.36. The van der Waals surface area contributed by atoms with E-state index < -0.39 is 0 Å². The Labute approximate surface area is 175 Å². The number of pyridine rings is 2. The van der Waals surface area contributed by atoms with E-state index in [2.05, 4.69) is 20.9 Å². The summed E-state index contributed by atoms with van der Waals surface area (Å²) in [5.74, 6) is 0.867. The second-order valence-corrected chi connectivity index (χ2v) is 7.90. The largest absolute Gasteiger partial charge is 0.352 e. The maximum atomic E-state index is 11.9. The van der Waals surface area contributed by atoms with Crippen molar-refractivity contribution in [3.8, 4) is 17.3 Å². The topological polar surface area (TPSA) is 88.9 Å². The van der Waals surface area contributed by atoms with Gasteiger partial charge in [0.15, 0.2) is 0 Å². The number of hydrogen-bond acceptors (Lipinski definition) is 5. The van der Waals surface area contributed by atoms with Gasteiger partial charge < -0.3 is 14.8 Å². The van der Waals surface area contributed by atoms with E-state index in [0.29, 0.717) is 35.0 Å². The van der Waals surface area contributed by atoms with Crippen LogP contribution >= 0.6 is 11.6 Å². The first-order valence-corrected chi connectivity index (χ1v) is 9.85. The molecular formula is C21H23ClN6O. The first kappa shape index (κ1) is 19.2. The standard InChI is InChI=1S/C21H21ClN6O.H2/c1-12-10-27(11-13(2)28(12)14(3)29)19-5-4-15(7-23)20(26-19)18-9-25-21-17(18)6-16(22)8-24-21;/h4-6,8-9,12-13H,10-11H2,1-3H3,(H,24,25);1H/t12-,13+;. The summed E-state index contributed by atoms with van der Waals surface area (Å²) in [4.78, 5) is 28.3. The molecule has 0 bridgehead atoms. The first-order valence-electron chi connectivity index (χ1n) is 9.47. The van der Waals surface area contributed by atoms with Crippen molar-refractivity contribution in [2.24, 2.45) is 0 Å². The van der Waals surface area contributed by atoms with Crippen molar-refractivity contribution in [2.45, 2.75) is 32.9 Å². The summed E-state index contributed by atoms with van der Waals surface area (Å²) in [6.45, 7) is 7.06. The minimum absolute atomic E-state index is 0. The average Bonchev–Trinajstić information content (AvgIpc) is 3.09. The van der Waals surface area contributed by atoms with E-state index in [1.807, 2.05) is 30.9 Å². The summed E-state index contributed by atoms with van der Waals surface area (Å²) >= 11 is 6.13. The van der Waals surface area contributed by atoms with Crippen LogP contribution in [0.2, 0.25) is 5.02 Å². The van der Waals surface area contributed by atoms with Crippen LogP contribution in [0, 0.1) is 11.3 Å². The maximum absolute atomic E-state index is 11.9. The highest BCUT2D eigenvalue weighted by Gasteiger charge is 2.32. The minimum Gasteiger partial charge on any atom is -0.352 e. The van der Waals surface area contributed by atoms with Crippen LogP contribution in [0.4, 0.5) is 5.82 Å². The number of nitriles is 1. The van der Waals surface area contributed by atoms with Gasteiger partial charge in [0.1, 0.15) is 17.5 Å². The number of hydrogen-bond donors (Lipinski definition) is 1. The molecule has 150 valence electrons. The number of halogens is 1. The molecule has 0 radical (unpaired) electrons. The number of anilines is 1. The van der Waals surface area contributed by atoms with Crippen LogP contribution in [-0.2, 0) is 4.79 Å². The number of carbonyl (C=O) groups is 1. The Morgan fingerprint density at radius 3 is 2.72 bits per heavy atom. The van der Waals surface area contributed by atoms with E-state index >= 15 is 0 Å². The van der Waals surface area contributed by atoms with Gasteiger partial charge in [-0.2, -0.15) is 5.26 Å². The van der Waals surface area contributed by atoms with Gasteiger partial charge in [0, 0.05) is 56.9 Å². The highest BCUT2D eigenvalue weighted by molar-refractivity contribution is 6.31. The molecule has 0 aliphatic carbocycles. The predicted octanol–water partition coefficient (Wildman–Crippen LogP) is 3.84. The predicted molar refractivity (Wildman–Crippen MR) is 115 cm³/mol. The lowest BCUT2D eigenvalue weighted by Crippen LogP contribution is -2.58. The summed E-state index contributed by atoms with van der Waals surface area (Å²) in [6.07, 6.45) is 3.39. The van der Waals surface area contributed by atoms with Crippen molar-refractivity contribution in [3.05, 3.63) is 41.2 Å². The third-order valence-corrected chi connectivity index (χ3v) is 5.57. The monoisotopic (exact) mass is 410 g/mol. The first-order chi connectivity index (χ1) is 13.9. The summed E-state index contributed by atoms with van der Waals surface area (Å²) < 4.78 is 0. The highest BCUT2D eigenvalue weighted by atomic mass is 35.5. The quantitative estimate of drug-likeness (QED) is 0.693. The number of nitrogens with zero attached hydrogens (tertiary/aromatic N) is 5. The van der Waals surface area contributed by atoms with Gasteiger partial charge in [-0.25, -0.2) is 9.97 Å². The van der Waals surface area contributed by atoms with Gasteiger partial charge in [-0.05, 0) is 32.0 Å². The molecule has 29 heavy (non-hydrogen) atoms. The van der Waals surface area contributed by atoms with Crippen LogP contribution in [0.3, 0.4) is 0 Å². The van der Waals surface area contributed by atoms with Gasteiger partial charge in [-0.1, -0.05) is 11.6 Å². The molecule has 4 heterocycles. The van der Waals surface area contributed by atoms with Gasteiger partial charge in [-0.3, -0.25) is 4.79 Å². The van der Waals surface area contributed by atoms with Crippen molar-refractivity contribution in [1.29, 1.82) is 5.26 Å². The van der Waals surface area contributed by atoms with Gasteiger partial charge in [0.25, 0.3) is 0 Å². The number of fused-ring (bicyclic) bond motifs is 1. The molecule has 0 unspecified atom stereocenters. The van der Waals surface area contributed by atoms with Crippen LogP contribution in [0.25, 0.3) is 22.3 Å². The number of aromatic amines is 1.